The fraction of sp³-hybridized carbons (Fsp3) is 0.714. The second-order valence-corrected chi connectivity index (χ2v) is 14.5. The maximum Gasteiger partial charge on any atom is 0.302 e. The van der Waals surface area contributed by atoms with Crippen LogP contribution in [0, 0.1) is 34.5 Å². The Morgan fingerprint density at radius 3 is 2.71 bits per heavy atom. The van der Waals surface area contributed by atoms with Gasteiger partial charge in [0.1, 0.15) is 11.9 Å². The van der Waals surface area contributed by atoms with Crippen molar-refractivity contribution in [3.05, 3.63) is 28.8 Å². The van der Waals surface area contributed by atoms with Gasteiger partial charge in [-0.3, -0.25) is 14.5 Å². The fourth-order valence-electron chi connectivity index (χ4n) is 10.6. The molecule has 0 N–H and O–H groups in total. The van der Waals surface area contributed by atoms with Crippen LogP contribution in [-0.4, -0.2) is 50.3 Å². The van der Waals surface area contributed by atoms with E-state index >= 15 is 0 Å². The summed E-state index contributed by atoms with van der Waals surface area (Å²) >= 11 is 0. The van der Waals surface area contributed by atoms with Crippen LogP contribution in [0.15, 0.2) is 17.7 Å². The van der Waals surface area contributed by atoms with Crippen molar-refractivity contribution in [3.63, 3.8) is 0 Å². The highest BCUT2D eigenvalue weighted by atomic mass is 16.7. The second kappa shape index (κ2) is 10.3. The van der Waals surface area contributed by atoms with Gasteiger partial charge in [0.25, 0.3) is 0 Å². The third-order valence-electron chi connectivity index (χ3n) is 12.7. The molecule has 8 atom stereocenters. The summed E-state index contributed by atoms with van der Waals surface area (Å²) in [4.78, 5) is 28.3. The highest BCUT2D eigenvalue weighted by molar-refractivity contribution is 5.83. The SMILES string of the molecule is COc1c2c(cc3c1C(CC(=O)C1CCC4C5CC=C6CC(OC(C)=O)CCC6(C)C5CCC14C)N(C)CC3)OCO2. The molecule has 3 fully saturated rings. The van der Waals surface area contributed by atoms with E-state index in [-0.39, 0.29) is 41.7 Å². The van der Waals surface area contributed by atoms with Crippen LogP contribution < -0.4 is 14.2 Å². The number of hydrogen-bond donors (Lipinski definition) is 0. The minimum atomic E-state index is -0.166. The minimum absolute atomic E-state index is 0.0174. The third kappa shape index (κ3) is 4.23. The molecule has 42 heavy (non-hydrogen) atoms. The quantitative estimate of drug-likeness (QED) is 0.295. The Labute approximate surface area is 250 Å². The number of allylic oxidation sites excluding steroid dienone is 1. The van der Waals surface area contributed by atoms with Crippen molar-refractivity contribution < 1.29 is 28.5 Å². The summed E-state index contributed by atoms with van der Waals surface area (Å²) in [6.07, 6.45) is 12.5. The van der Waals surface area contributed by atoms with E-state index in [1.54, 1.807) is 7.11 Å². The Morgan fingerprint density at radius 1 is 1.10 bits per heavy atom. The van der Waals surface area contributed by atoms with Crippen LogP contribution >= 0.6 is 0 Å². The molecule has 1 aromatic rings. The number of ether oxygens (including phenoxy) is 4. The molecule has 7 nitrogen and oxygen atoms in total. The molecule has 1 aromatic carbocycles. The highest BCUT2D eigenvalue weighted by Crippen LogP contribution is 2.66. The number of hydrogen-bond acceptors (Lipinski definition) is 7. The number of nitrogens with zero attached hydrogens (tertiary/aromatic N) is 1. The standard InChI is InChI=1S/C35H47NO6/c1-20(37)42-23-10-13-34(2)22(17-23)6-7-24-25-8-9-27(35(25,3)14-11-26(24)34)29(38)18-28-31-21(12-15-36(28)4)16-30-32(33(31)39-5)41-19-40-30/h6,16,23-28H,7-15,17-19H2,1-5H3. The minimum Gasteiger partial charge on any atom is -0.492 e. The van der Waals surface area contributed by atoms with Crippen molar-refractivity contribution in [2.75, 3.05) is 27.5 Å². The van der Waals surface area contributed by atoms with Gasteiger partial charge >= 0.3 is 5.97 Å². The molecule has 2 aliphatic heterocycles. The largest absolute Gasteiger partial charge is 0.492 e. The van der Waals surface area contributed by atoms with E-state index in [1.807, 2.05) is 0 Å². The summed E-state index contributed by atoms with van der Waals surface area (Å²) in [5.74, 6) is 4.42. The van der Waals surface area contributed by atoms with Gasteiger partial charge < -0.3 is 18.9 Å². The maximum atomic E-state index is 14.4. The number of esters is 1. The van der Waals surface area contributed by atoms with Gasteiger partial charge in [0.05, 0.1) is 7.11 Å². The Morgan fingerprint density at radius 2 is 1.93 bits per heavy atom. The normalized spacial score (nSPS) is 38.5. The van der Waals surface area contributed by atoms with Crippen LogP contribution in [0.1, 0.15) is 95.7 Å². The molecule has 228 valence electrons. The molecule has 0 saturated heterocycles. The van der Waals surface area contributed by atoms with Crippen LogP contribution in [0.25, 0.3) is 0 Å². The zero-order valence-corrected chi connectivity index (χ0v) is 26.0. The maximum absolute atomic E-state index is 14.4. The van der Waals surface area contributed by atoms with E-state index in [0.29, 0.717) is 35.7 Å². The van der Waals surface area contributed by atoms with Crippen LogP contribution in [0.3, 0.4) is 0 Å². The Bertz CT molecular complexity index is 1320. The molecule has 4 aliphatic carbocycles. The highest BCUT2D eigenvalue weighted by Gasteiger charge is 2.60. The first-order valence-corrected chi connectivity index (χ1v) is 16.2. The van der Waals surface area contributed by atoms with Gasteiger partial charge in [-0.1, -0.05) is 25.5 Å². The summed E-state index contributed by atoms with van der Waals surface area (Å²) in [7, 11) is 3.83. The number of methoxy groups -OCH3 is 1. The molecule has 0 bridgehead atoms. The van der Waals surface area contributed by atoms with Crippen LogP contribution in [0.4, 0.5) is 0 Å². The summed E-state index contributed by atoms with van der Waals surface area (Å²) in [5.41, 5.74) is 4.09. The van der Waals surface area contributed by atoms with E-state index in [1.165, 1.54) is 24.5 Å². The van der Waals surface area contributed by atoms with Gasteiger partial charge in [-0.2, -0.15) is 0 Å². The lowest BCUT2D eigenvalue weighted by molar-refractivity contribution is -0.149. The van der Waals surface area contributed by atoms with Crippen molar-refractivity contribution in [2.45, 2.75) is 97.1 Å². The summed E-state index contributed by atoms with van der Waals surface area (Å²) in [6, 6.07) is 2.08. The third-order valence-corrected chi connectivity index (χ3v) is 12.7. The zero-order chi connectivity index (χ0) is 29.4. The van der Waals surface area contributed by atoms with Crippen molar-refractivity contribution in [1.82, 2.24) is 4.90 Å². The molecule has 0 aromatic heterocycles. The number of likely N-dealkylation sites (N-methyl/N-ethyl adjacent to an activating group) is 1. The number of Topliss-reactive ketones (excluding diaryl/α,β-unsaturated/α-hetero) is 1. The van der Waals surface area contributed by atoms with Gasteiger partial charge in [0.15, 0.2) is 11.5 Å². The molecule has 7 heteroatoms. The average Bonchev–Trinajstić information content (AvgIpc) is 3.57. The topological polar surface area (TPSA) is 74.3 Å². The van der Waals surface area contributed by atoms with E-state index in [2.05, 4.69) is 37.9 Å². The molecule has 3 saturated carbocycles. The number of fused-ring (bicyclic) bond motifs is 7. The molecule has 0 radical (unpaired) electrons. The molecule has 0 spiro atoms. The van der Waals surface area contributed by atoms with Gasteiger partial charge in [-0.15, -0.1) is 0 Å². The van der Waals surface area contributed by atoms with Crippen molar-refractivity contribution in [2.24, 2.45) is 34.5 Å². The predicted octanol–water partition coefficient (Wildman–Crippen LogP) is 6.42. The number of benzene rings is 1. The van der Waals surface area contributed by atoms with E-state index in [0.717, 1.165) is 75.0 Å². The number of rotatable bonds is 5. The summed E-state index contributed by atoms with van der Waals surface area (Å²) < 4.78 is 23.0. The monoisotopic (exact) mass is 577 g/mol. The van der Waals surface area contributed by atoms with Gasteiger partial charge in [0, 0.05) is 43.8 Å². The lowest BCUT2D eigenvalue weighted by Crippen LogP contribution is -2.51. The Hall–Kier alpha value is -2.54. The lowest BCUT2D eigenvalue weighted by atomic mass is 9.47. The Kier molecular flexibility index (Phi) is 6.91. The van der Waals surface area contributed by atoms with E-state index in [9.17, 15) is 9.59 Å². The molecule has 8 unspecified atom stereocenters. The summed E-state index contributed by atoms with van der Waals surface area (Å²) in [6.45, 7) is 7.57. The van der Waals surface area contributed by atoms with E-state index in [4.69, 9.17) is 18.9 Å². The van der Waals surface area contributed by atoms with Crippen molar-refractivity contribution in [3.8, 4) is 17.2 Å². The van der Waals surface area contributed by atoms with Crippen LogP contribution in [-0.2, 0) is 20.7 Å². The lowest BCUT2D eigenvalue weighted by Gasteiger charge is -2.58. The Balaban J connectivity index is 1.11. The number of carbonyl (C=O) groups excluding carboxylic acids is 2. The molecular weight excluding hydrogens is 530 g/mol. The molecular formula is C35H47NO6. The van der Waals surface area contributed by atoms with Crippen LogP contribution in [0.2, 0.25) is 0 Å². The van der Waals surface area contributed by atoms with Gasteiger partial charge in [-0.25, -0.2) is 0 Å². The predicted molar refractivity (Wildman–Crippen MR) is 159 cm³/mol. The first-order chi connectivity index (χ1) is 20.1. The fourth-order valence-corrected chi connectivity index (χ4v) is 10.6. The van der Waals surface area contributed by atoms with Crippen molar-refractivity contribution >= 4 is 11.8 Å². The number of ketones is 1. The van der Waals surface area contributed by atoms with Gasteiger partial charge in [-0.05, 0) is 98.6 Å². The summed E-state index contributed by atoms with van der Waals surface area (Å²) in [5, 5.41) is 0. The molecule has 7 rings (SSSR count). The van der Waals surface area contributed by atoms with Gasteiger partial charge in [0.2, 0.25) is 12.5 Å². The first-order valence-electron chi connectivity index (χ1n) is 16.2. The molecule has 0 amide bonds. The van der Waals surface area contributed by atoms with E-state index < -0.39 is 0 Å². The number of carbonyl (C=O) groups is 2. The van der Waals surface area contributed by atoms with Crippen molar-refractivity contribution in [1.29, 1.82) is 0 Å². The smallest absolute Gasteiger partial charge is 0.302 e. The molecule has 6 aliphatic rings. The molecule has 2 heterocycles. The average molecular weight is 578 g/mol. The first kappa shape index (κ1) is 28.2. The van der Waals surface area contributed by atoms with Crippen LogP contribution in [0.5, 0.6) is 17.2 Å². The second-order valence-electron chi connectivity index (χ2n) is 14.5. The zero-order valence-electron chi connectivity index (χ0n) is 26.0.